The van der Waals surface area contributed by atoms with E-state index in [1.165, 1.54) is 0 Å². The predicted octanol–water partition coefficient (Wildman–Crippen LogP) is -0.910. The Morgan fingerprint density at radius 2 is 2.33 bits per heavy atom. The van der Waals surface area contributed by atoms with E-state index >= 15 is 0 Å². The lowest BCUT2D eigenvalue weighted by atomic mass is 10.1. The molecule has 1 saturated heterocycles. The van der Waals surface area contributed by atoms with Gasteiger partial charge in [-0.05, 0) is 13.3 Å². The molecule has 3 atom stereocenters. The minimum Gasteiger partial charge on any atom is -0.395 e. The van der Waals surface area contributed by atoms with Gasteiger partial charge in [0.1, 0.15) is 0 Å². The quantitative estimate of drug-likeness (QED) is 0.432. The van der Waals surface area contributed by atoms with Crippen LogP contribution in [0, 0.1) is 0 Å². The molecule has 0 spiro atoms. The molecule has 1 aliphatic heterocycles. The second-order valence-electron chi connectivity index (χ2n) is 2.66. The van der Waals surface area contributed by atoms with Crippen molar-refractivity contribution in [2.24, 2.45) is 0 Å². The van der Waals surface area contributed by atoms with Gasteiger partial charge >= 0.3 is 0 Å². The Balaban J connectivity index is 2.38. The van der Waals surface area contributed by atoms with E-state index in [0.29, 0.717) is 6.04 Å². The van der Waals surface area contributed by atoms with Crippen molar-refractivity contribution in [1.82, 2.24) is 5.32 Å². The molecule has 0 aromatic rings. The minimum atomic E-state index is -0.356. The molecule has 1 rings (SSSR count). The Labute approximate surface area is 54.7 Å². The molecule has 0 aromatic carbocycles. The van der Waals surface area contributed by atoms with E-state index in [0.717, 1.165) is 6.42 Å². The molecule has 0 amide bonds. The van der Waals surface area contributed by atoms with Gasteiger partial charge in [0.2, 0.25) is 0 Å². The summed E-state index contributed by atoms with van der Waals surface area (Å²) in [4.78, 5) is 0. The lowest BCUT2D eigenvalue weighted by Gasteiger charge is -2.09. The maximum atomic E-state index is 9.14. The number of aliphatic hydroxyl groups excluding tert-OH is 2. The molecule has 0 aliphatic carbocycles. The molecule has 0 saturated carbocycles. The van der Waals surface area contributed by atoms with Crippen molar-refractivity contribution in [3.05, 3.63) is 0 Å². The van der Waals surface area contributed by atoms with Crippen LogP contribution in [-0.2, 0) is 0 Å². The third-order valence-electron chi connectivity index (χ3n) is 1.75. The first-order chi connectivity index (χ1) is 4.24. The van der Waals surface area contributed by atoms with Crippen molar-refractivity contribution in [2.75, 3.05) is 6.61 Å². The molecule has 1 fully saturated rings. The average Bonchev–Trinajstić information content (AvgIpc) is 2.10. The highest BCUT2D eigenvalue weighted by molar-refractivity contribution is 4.87. The van der Waals surface area contributed by atoms with Crippen LogP contribution in [0.15, 0.2) is 0 Å². The predicted molar refractivity (Wildman–Crippen MR) is 34.1 cm³/mol. The van der Waals surface area contributed by atoms with Gasteiger partial charge in [0.25, 0.3) is 0 Å². The molecule has 3 nitrogen and oxygen atoms in total. The molecule has 0 radical (unpaired) electrons. The van der Waals surface area contributed by atoms with Crippen LogP contribution in [0.4, 0.5) is 0 Å². The van der Waals surface area contributed by atoms with Crippen LogP contribution < -0.4 is 5.32 Å². The van der Waals surface area contributed by atoms with Crippen LogP contribution >= 0.6 is 0 Å². The third-order valence-corrected chi connectivity index (χ3v) is 1.75. The maximum Gasteiger partial charge on any atom is 0.0730 e. The van der Waals surface area contributed by atoms with Crippen LogP contribution in [0.25, 0.3) is 0 Å². The molecule has 3 N–H and O–H groups in total. The second-order valence-corrected chi connectivity index (χ2v) is 2.66. The van der Waals surface area contributed by atoms with Gasteiger partial charge in [-0.15, -0.1) is 0 Å². The van der Waals surface area contributed by atoms with E-state index in [1.54, 1.807) is 0 Å². The summed E-state index contributed by atoms with van der Waals surface area (Å²) in [5.41, 5.74) is 0. The van der Waals surface area contributed by atoms with Crippen LogP contribution in [0.2, 0.25) is 0 Å². The number of nitrogens with one attached hydrogen (secondary N) is 1. The zero-order chi connectivity index (χ0) is 6.85. The maximum absolute atomic E-state index is 9.14. The van der Waals surface area contributed by atoms with Crippen molar-refractivity contribution in [2.45, 2.75) is 31.5 Å². The molecule has 1 heterocycles. The Bertz CT molecular complexity index is 97.1. The van der Waals surface area contributed by atoms with Crippen molar-refractivity contribution >= 4 is 0 Å². The van der Waals surface area contributed by atoms with Crippen LogP contribution in [0.3, 0.4) is 0 Å². The third kappa shape index (κ3) is 1.41. The molecule has 0 aromatic heterocycles. The smallest absolute Gasteiger partial charge is 0.0730 e. The highest BCUT2D eigenvalue weighted by Crippen LogP contribution is 2.11. The average molecular weight is 131 g/mol. The van der Waals surface area contributed by atoms with E-state index in [-0.39, 0.29) is 18.8 Å². The first-order valence-corrected chi connectivity index (χ1v) is 3.29. The summed E-state index contributed by atoms with van der Waals surface area (Å²) < 4.78 is 0. The zero-order valence-electron chi connectivity index (χ0n) is 5.54. The summed E-state index contributed by atoms with van der Waals surface area (Å²) in [5.74, 6) is 0. The van der Waals surface area contributed by atoms with E-state index < -0.39 is 0 Å². The molecular weight excluding hydrogens is 118 g/mol. The Hall–Kier alpha value is -0.120. The first-order valence-electron chi connectivity index (χ1n) is 3.29. The lowest BCUT2D eigenvalue weighted by Crippen LogP contribution is -2.35. The number of hydrogen-bond acceptors (Lipinski definition) is 3. The van der Waals surface area contributed by atoms with Gasteiger partial charge in [0.15, 0.2) is 0 Å². The van der Waals surface area contributed by atoms with E-state index in [4.69, 9.17) is 10.2 Å². The number of rotatable bonds is 1. The Kier molecular flexibility index (Phi) is 2.05. The fourth-order valence-corrected chi connectivity index (χ4v) is 1.25. The van der Waals surface area contributed by atoms with Gasteiger partial charge in [-0.3, -0.25) is 0 Å². The van der Waals surface area contributed by atoms with Gasteiger partial charge in [-0.25, -0.2) is 0 Å². The van der Waals surface area contributed by atoms with Crippen LogP contribution in [-0.4, -0.2) is 35.0 Å². The van der Waals surface area contributed by atoms with Crippen molar-refractivity contribution in [3.63, 3.8) is 0 Å². The summed E-state index contributed by atoms with van der Waals surface area (Å²) in [7, 11) is 0. The van der Waals surface area contributed by atoms with Gasteiger partial charge in [-0.2, -0.15) is 0 Å². The fourth-order valence-electron chi connectivity index (χ4n) is 1.25. The Morgan fingerprint density at radius 3 is 2.56 bits per heavy atom. The van der Waals surface area contributed by atoms with Gasteiger partial charge in [0, 0.05) is 6.04 Å². The van der Waals surface area contributed by atoms with E-state index in [9.17, 15) is 0 Å². The van der Waals surface area contributed by atoms with Gasteiger partial charge in [-0.1, -0.05) is 0 Å². The molecule has 9 heavy (non-hydrogen) atoms. The number of aliphatic hydroxyl groups is 2. The SMILES string of the molecule is CC1CC(O)C(CO)N1. The zero-order valence-corrected chi connectivity index (χ0v) is 5.54. The van der Waals surface area contributed by atoms with Gasteiger partial charge < -0.3 is 15.5 Å². The summed E-state index contributed by atoms with van der Waals surface area (Å²) in [6, 6.07) is 0.247. The van der Waals surface area contributed by atoms with E-state index in [1.807, 2.05) is 6.92 Å². The van der Waals surface area contributed by atoms with Crippen molar-refractivity contribution < 1.29 is 10.2 Å². The molecule has 54 valence electrons. The minimum absolute atomic E-state index is 0.0332. The highest BCUT2D eigenvalue weighted by Gasteiger charge is 2.28. The largest absolute Gasteiger partial charge is 0.395 e. The molecule has 1 aliphatic rings. The van der Waals surface area contributed by atoms with Crippen molar-refractivity contribution in [1.29, 1.82) is 0 Å². The lowest BCUT2D eigenvalue weighted by molar-refractivity contribution is 0.121. The van der Waals surface area contributed by atoms with Crippen molar-refractivity contribution in [3.8, 4) is 0 Å². The topological polar surface area (TPSA) is 52.5 Å². The number of hydrogen-bond donors (Lipinski definition) is 3. The molecular formula is C6H13NO2. The second kappa shape index (κ2) is 2.64. The molecule has 3 unspecified atom stereocenters. The molecule has 0 bridgehead atoms. The summed E-state index contributed by atoms with van der Waals surface area (Å²) in [5, 5.41) is 20.8. The van der Waals surface area contributed by atoms with Gasteiger partial charge in [0.05, 0.1) is 18.8 Å². The van der Waals surface area contributed by atoms with E-state index in [2.05, 4.69) is 5.32 Å². The standard InChI is InChI=1S/C6H13NO2/c1-4-2-6(9)5(3-8)7-4/h4-9H,2-3H2,1H3. The highest BCUT2D eigenvalue weighted by atomic mass is 16.3. The Morgan fingerprint density at radius 1 is 1.67 bits per heavy atom. The van der Waals surface area contributed by atoms with Crippen LogP contribution in [0.5, 0.6) is 0 Å². The fraction of sp³-hybridized carbons (Fsp3) is 1.00. The van der Waals surface area contributed by atoms with Crippen LogP contribution in [0.1, 0.15) is 13.3 Å². The molecule has 3 heteroatoms. The summed E-state index contributed by atoms with van der Waals surface area (Å²) in [6.45, 7) is 2.03. The first kappa shape index (κ1) is 6.99. The summed E-state index contributed by atoms with van der Waals surface area (Å²) in [6.07, 6.45) is 0.399. The normalized spacial score (nSPS) is 43.7. The monoisotopic (exact) mass is 131 g/mol. The summed E-state index contributed by atoms with van der Waals surface area (Å²) >= 11 is 0.